The topological polar surface area (TPSA) is 82.1 Å². The molecule has 0 spiro atoms. The normalized spacial score (nSPS) is 20.5. The van der Waals surface area contributed by atoms with Crippen LogP contribution in [-0.4, -0.2) is 23.8 Å². The molecule has 0 bridgehead atoms. The summed E-state index contributed by atoms with van der Waals surface area (Å²) < 4.78 is 15.0. The van der Waals surface area contributed by atoms with Crippen LogP contribution in [0.3, 0.4) is 0 Å². The highest BCUT2D eigenvalue weighted by molar-refractivity contribution is 6.01. The van der Waals surface area contributed by atoms with Crippen molar-refractivity contribution in [1.82, 2.24) is 0 Å². The van der Waals surface area contributed by atoms with E-state index in [1.807, 2.05) is 0 Å². The number of carboxylic acid groups (broad SMARTS) is 1. The summed E-state index contributed by atoms with van der Waals surface area (Å²) in [5.41, 5.74) is 0.462. The summed E-state index contributed by atoms with van der Waals surface area (Å²) in [6.45, 7) is 0.0246. The molecule has 16 heavy (non-hydrogen) atoms. The van der Waals surface area contributed by atoms with Crippen molar-refractivity contribution in [3.63, 3.8) is 0 Å². The predicted octanol–water partition coefficient (Wildman–Crippen LogP) is 0.711. The van der Waals surface area contributed by atoms with Crippen LogP contribution in [0.5, 0.6) is 11.5 Å². The number of ether oxygens (including phenoxy) is 3. The summed E-state index contributed by atoms with van der Waals surface area (Å²) >= 11 is 0. The highest BCUT2D eigenvalue weighted by atomic mass is 16.7. The molecule has 0 fully saturated rings. The Morgan fingerprint density at radius 2 is 2.19 bits per heavy atom. The first-order valence-corrected chi connectivity index (χ1v) is 4.55. The molecule has 1 aromatic rings. The number of esters is 1. The van der Waals surface area contributed by atoms with Gasteiger partial charge in [-0.2, -0.15) is 0 Å². The molecule has 0 aromatic heterocycles. The highest BCUT2D eigenvalue weighted by Gasteiger charge is 2.40. The van der Waals surface area contributed by atoms with Gasteiger partial charge in [-0.1, -0.05) is 0 Å². The van der Waals surface area contributed by atoms with E-state index in [9.17, 15) is 9.59 Å². The number of benzene rings is 1. The van der Waals surface area contributed by atoms with Crippen molar-refractivity contribution in [1.29, 1.82) is 0 Å². The molecule has 0 amide bonds. The number of carbonyl (C=O) groups is 2. The molecule has 82 valence electrons. The Morgan fingerprint density at radius 3 is 2.94 bits per heavy atom. The van der Waals surface area contributed by atoms with E-state index in [1.54, 1.807) is 6.07 Å². The lowest BCUT2D eigenvalue weighted by Crippen LogP contribution is -2.10. The van der Waals surface area contributed by atoms with E-state index in [4.69, 9.17) is 19.3 Å². The minimum absolute atomic E-state index is 0.0246. The molecule has 0 radical (unpaired) electrons. The highest BCUT2D eigenvalue weighted by Crippen LogP contribution is 2.44. The minimum atomic E-state index is -1.25. The smallest absolute Gasteiger partial charge is 0.349 e. The fraction of sp³-hybridized carbons (Fsp3) is 0.200. The molecular weight excluding hydrogens is 216 g/mol. The van der Waals surface area contributed by atoms with E-state index in [0.717, 1.165) is 0 Å². The summed E-state index contributed by atoms with van der Waals surface area (Å²) in [6.07, 6.45) is -1.25. The zero-order chi connectivity index (χ0) is 11.3. The minimum Gasteiger partial charge on any atom is -0.478 e. The molecular formula is C10H6O6. The Labute approximate surface area is 89.3 Å². The number of cyclic esters (lactones) is 1. The Hall–Kier alpha value is -2.24. The third-order valence-corrected chi connectivity index (χ3v) is 2.51. The maximum absolute atomic E-state index is 11.5. The van der Waals surface area contributed by atoms with Gasteiger partial charge in [0.1, 0.15) is 5.56 Å². The van der Waals surface area contributed by atoms with Gasteiger partial charge in [0.25, 0.3) is 0 Å². The maximum Gasteiger partial charge on any atom is 0.349 e. The van der Waals surface area contributed by atoms with Gasteiger partial charge in [-0.05, 0) is 12.1 Å². The summed E-state index contributed by atoms with van der Waals surface area (Å²) in [5.74, 6) is -1.19. The molecule has 6 nitrogen and oxygen atoms in total. The second kappa shape index (κ2) is 2.88. The van der Waals surface area contributed by atoms with Crippen LogP contribution in [0.4, 0.5) is 0 Å². The number of carbonyl (C=O) groups excluding carboxylic acids is 1. The first-order valence-electron chi connectivity index (χ1n) is 4.55. The monoisotopic (exact) mass is 222 g/mol. The van der Waals surface area contributed by atoms with E-state index in [2.05, 4.69) is 0 Å². The van der Waals surface area contributed by atoms with E-state index in [0.29, 0.717) is 11.3 Å². The van der Waals surface area contributed by atoms with Crippen LogP contribution in [0.15, 0.2) is 12.1 Å². The van der Waals surface area contributed by atoms with Gasteiger partial charge >= 0.3 is 11.9 Å². The number of aliphatic carboxylic acids is 1. The van der Waals surface area contributed by atoms with Gasteiger partial charge in [-0.25, -0.2) is 9.59 Å². The lowest BCUT2D eigenvalue weighted by Gasteiger charge is -2.03. The molecule has 0 saturated carbocycles. The summed E-state index contributed by atoms with van der Waals surface area (Å²) in [7, 11) is 0. The van der Waals surface area contributed by atoms with Gasteiger partial charge in [0, 0.05) is 5.56 Å². The maximum atomic E-state index is 11.5. The van der Waals surface area contributed by atoms with Crippen LogP contribution in [-0.2, 0) is 9.53 Å². The Morgan fingerprint density at radius 1 is 1.38 bits per heavy atom. The fourth-order valence-corrected chi connectivity index (χ4v) is 1.83. The second-order valence-corrected chi connectivity index (χ2v) is 3.39. The van der Waals surface area contributed by atoms with Crippen molar-refractivity contribution >= 4 is 11.9 Å². The van der Waals surface area contributed by atoms with Crippen LogP contribution in [0.2, 0.25) is 0 Å². The predicted molar refractivity (Wildman–Crippen MR) is 48.4 cm³/mol. The average Bonchev–Trinajstić information content (AvgIpc) is 2.81. The quantitative estimate of drug-likeness (QED) is 0.704. The van der Waals surface area contributed by atoms with Gasteiger partial charge in [0.05, 0.1) is 0 Å². The lowest BCUT2D eigenvalue weighted by molar-refractivity contribution is -0.146. The van der Waals surface area contributed by atoms with Crippen molar-refractivity contribution in [3.8, 4) is 11.5 Å². The third-order valence-electron chi connectivity index (χ3n) is 2.51. The van der Waals surface area contributed by atoms with E-state index in [-0.39, 0.29) is 18.1 Å². The molecule has 2 heterocycles. The zero-order valence-corrected chi connectivity index (χ0v) is 7.93. The van der Waals surface area contributed by atoms with Gasteiger partial charge in [-0.3, -0.25) is 0 Å². The molecule has 0 aliphatic carbocycles. The first kappa shape index (κ1) is 9.02. The molecule has 1 aromatic carbocycles. The number of fused-ring (bicyclic) bond motifs is 3. The SMILES string of the molecule is O=C1O[C@@H](C(=O)O)c2ccc3c(c21)OCO3. The van der Waals surface area contributed by atoms with Gasteiger partial charge in [0.2, 0.25) is 12.9 Å². The van der Waals surface area contributed by atoms with E-state index >= 15 is 0 Å². The van der Waals surface area contributed by atoms with Gasteiger partial charge in [0.15, 0.2) is 11.5 Å². The van der Waals surface area contributed by atoms with Crippen molar-refractivity contribution in [2.24, 2.45) is 0 Å². The summed E-state index contributed by atoms with van der Waals surface area (Å²) in [4.78, 5) is 22.4. The average molecular weight is 222 g/mol. The van der Waals surface area contributed by atoms with Crippen molar-refractivity contribution < 1.29 is 28.9 Å². The van der Waals surface area contributed by atoms with Gasteiger partial charge in [-0.15, -0.1) is 0 Å². The van der Waals surface area contributed by atoms with Crippen LogP contribution < -0.4 is 9.47 Å². The summed E-state index contributed by atoms with van der Waals surface area (Å²) in [5, 5.41) is 8.88. The fourth-order valence-electron chi connectivity index (χ4n) is 1.83. The van der Waals surface area contributed by atoms with Crippen molar-refractivity contribution in [2.75, 3.05) is 6.79 Å². The Balaban J connectivity index is 2.21. The molecule has 1 N–H and O–H groups in total. The molecule has 0 unspecified atom stereocenters. The van der Waals surface area contributed by atoms with E-state index < -0.39 is 18.0 Å². The zero-order valence-electron chi connectivity index (χ0n) is 7.93. The van der Waals surface area contributed by atoms with Crippen molar-refractivity contribution in [2.45, 2.75) is 6.10 Å². The van der Waals surface area contributed by atoms with Crippen LogP contribution in [0.25, 0.3) is 0 Å². The van der Waals surface area contributed by atoms with E-state index in [1.165, 1.54) is 6.07 Å². The third kappa shape index (κ3) is 1.01. The number of carboxylic acids is 1. The molecule has 2 aliphatic heterocycles. The molecule has 1 atom stereocenters. The van der Waals surface area contributed by atoms with Crippen molar-refractivity contribution in [3.05, 3.63) is 23.3 Å². The lowest BCUT2D eigenvalue weighted by atomic mass is 10.0. The van der Waals surface area contributed by atoms with Crippen LogP contribution in [0, 0.1) is 0 Å². The first-order chi connectivity index (χ1) is 7.68. The molecule has 6 heteroatoms. The number of hydrogen-bond acceptors (Lipinski definition) is 5. The largest absolute Gasteiger partial charge is 0.478 e. The van der Waals surface area contributed by atoms with Crippen LogP contribution in [0.1, 0.15) is 22.0 Å². The van der Waals surface area contributed by atoms with Gasteiger partial charge < -0.3 is 19.3 Å². The van der Waals surface area contributed by atoms with Crippen LogP contribution >= 0.6 is 0 Å². The molecule has 0 saturated heterocycles. The number of hydrogen-bond donors (Lipinski definition) is 1. The Bertz CT molecular complexity index is 506. The Kier molecular flexibility index (Phi) is 1.62. The summed E-state index contributed by atoms with van der Waals surface area (Å²) in [6, 6.07) is 3.08. The standard InChI is InChI=1S/C10H6O6/c11-9(12)7-4-1-2-5-8(15-3-14-5)6(4)10(13)16-7/h1-2,7H,3H2,(H,11,12)/t7-/m1/s1. The molecule has 2 aliphatic rings. The number of rotatable bonds is 1. The second-order valence-electron chi connectivity index (χ2n) is 3.39. The molecule has 3 rings (SSSR count).